The second-order valence-electron chi connectivity index (χ2n) is 6.86. The molecule has 2 amide bonds. The maximum atomic E-state index is 12.3. The Labute approximate surface area is 177 Å². The number of sulfonamides is 1. The van der Waals surface area contributed by atoms with Gasteiger partial charge in [0.05, 0.1) is 17.4 Å². The lowest BCUT2D eigenvalue weighted by Crippen LogP contribution is -2.23. The van der Waals surface area contributed by atoms with E-state index in [0.29, 0.717) is 10.6 Å². The van der Waals surface area contributed by atoms with Crippen LogP contribution in [0.3, 0.4) is 0 Å². The van der Waals surface area contributed by atoms with Crippen LogP contribution in [0.15, 0.2) is 24.3 Å². The van der Waals surface area contributed by atoms with E-state index in [9.17, 15) is 22.8 Å². The van der Waals surface area contributed by atoms with E-state index in [-0.39, 0.29) is 11.3 Å². The number of benzene rings is 1. The molecule has 1 aromatic carbocycles. The Bertz CT molecular complexity index is 1110. The van der Waals surface area contributed by atoms with Gasteiger partial charge in [0, 0.05) is 10.6 Å². The van der Waals surface area contributed by atoms with Crippen LogP contribution in [-0.4, -0.2) is 39.1 Å². The summed E-state index contributed by atoms with van der Waals surface area (Å²) in [6.07, 6.45) is 4.55. The van der Waals surface area contributed by atoms with Gasteiger partial charge in [0.2, 0.25) is 10.0 Å². The first-order chi connectivity index (χ1) is 14.1. The SMILES string of the molecule is CS(=O)(=O)Nc1cccc(C(=O)OCC(=O)Nc2sc3c(c2C(N)=O)CCCC3)c1. The van der Waals surface area contributed by atoms with Gasteiger partial charge in [0.1, 0.15) is 5.00 Å². The molecule has 2 aromatic rings. The molecule has 0 bridgehead atoms. The number of anilines is 2. The molecular weight excluding hydrogens is 430 g/mol. The van der Waals surface area contributed by atoms with Crippen LogP contribution in [0.2, 0.25) is 0 Å². The molecule has 9 nitrogen and oxygen atoms in total. The molecular formula is C19H21N3O6S2. The number of carbonyl (C=O) groups is 3. The second kappa shape index (κ2) is 8.84. The lowest BCUT2D eigenvalue weighted by Gasteiger charge is -2.11. The zero-order chi connectivity index (χ0) is 21.9. The molecule has 1 aliphatic rings. The highest BCUT2D eigenvalue weighted by atomic mass is 32.2. The summed E-state index contributed by atoms with van der Waals surface area (Å²) in [5.74, 6) is -1.99. The molecule has 0 fully saturated rings. The minimum atomic E-state index is -3.50. The summed E-state index contributed by atoms with van der Waals surface area (Å²) < 4.78 is 29.9. The van der Waals surface area contributed by atoms with Gasteiger partial charge in [0.15, 0.2) is 6.61 Å². The standard InChI is InChI=1S/C19H21N3O6S2/c1-30(26,27)22-12-6-4-5-11(9-12)19(25)28-10-15(23)21-18-16(17(20)24)13-7-2-3-8-14(13)29-18/h4-6,9,22H,2-3,7-8,10H2,1H3,(H2,20,24)(H,21,23). The van der Waals surface area contributed by atoms with Gasteiger partial charge in [-0.05, 0) is 49.4 Å². The lowest BCUT2D eigenvalue weighted by molar-refractivity contribution is -0.119. The maximum absolute atomic E-state index is 12.3. The number of aryl methyl sites for hydroxylation is 1. The Morgan fingerprint density at radius 3 is 2.63 bits per heavy atom. The van der Waals surface area contributed by atoms with Crippen molar-refractivity contribution in [3.8, 4) is 0 Å². The van der Waals surface area contributed by atoms with Crippen LogP contribution in [0.1, 0.15) is 44.0 Å². The molecule has 1 aromatic heterocycles. The maximum Gasteiger partial charge on any atom is 0.338 e. The molecule has 0 spiro atoms. The Balaban J connectivity index is 1.64. The summed E-state index contributed by atoms with van der Waals surface area (Å²) in [6, 6.07) is 5.71. The first kappa shape index (κ1) is 21.8. The molecule has 0 aliphatic heterocycles. The highest BCUT2D eigenvalue weighted by Gasteiger charge is 2.25. The number of thiophene rings is 1. The van der Waals surface area contributed by atoms with Crippen LogP contribution in [0.25, 0.3) is 0 Å². The molecule has 30 heavy (non-hydrogen) atoms. The van der Waals surface area contributed by atoms with Crippen LogP contribution in [0.4, 0.5) is 10.7 Å². The zero-order valence-electron chi connectivity index (χ0n) is 16.2. The lowest BCUT2D eigenvalue weighted by atomic mass is 9.95. The first-order valence-corrected chi connectivity index (χ1v) is 11.8. The van der Waals surface area contributed by atoms with Crippen LogP contribution < -0.4 is 15.8 Å². The van der Waals surface area contributed by atoms with E-state index in [2.05, 4.69) is 10.0 Å². The quantitative estimate of drug-likeness (QED) is 0.548. The number of hydrogen-bond donors (Lipinski definition) is 3. The van der Waals surface area contributed by atoms with Gasteiger partial charge >= 0.3 is 5.97 Å². The van der Waals surface area contributed by atoms with Crippen LogP contribution in [0, 0.1) is 0 Å². The van der Waals surface area contributed by atoms with Gasteiger partial charge in [-0.25, -0.2) is 13.2 Å². The van der Waals surface area contributed by atoms with Gasteiger partial charge in [-0.2, -0.15) is 0 Å². The van der Waals surface area contributed by atoms with E-state index in [0.717, 1.165) is 42.4 Å². The Hall–Kier alpha value is -2.92. The Morgan fingerprint density at radius 2 is 1.93 bits per heavy atom. The third-order valence-corrected chi connectivity index (χ3v) is 6.22. The summed E-state index contributed by atoms with van der Waals surface area (Å²) in [5, 5.41) is 2.98. The van der Waals surface area contributed by atoms with Gasteiger partial charge in [-0.1, -0.05) is 6.07 Å². The zero-order valence-corrected chi connectivity index (χ0v) is 17.8. The predicted octanol–water partition coefficient (Wildman–Crippen LogP) is 1.89. The molecule has 160 valence electrons. The number of rotatable bonds is 7. The Morgan fingerprint density at radius 1 is 1.20 bits per heavy atom. The van der Waals surface area contributed by atoms with Gasteiger partial charge in [-0.15, -0.1) is 11.3 Å². The van der Waals surface area contributed by atoms with E-state index in [1.165, 1.54) is 35.6 Å². The van der Waals surface area contributed by atoms with E-state index >= 15 is 0 Å². The van der Waals surface area contributed by atoms with Crippen molar-refractivity contribution in [2.45, 2.75) is 25.7 Å². The fourth-order valence-electron chi connectivity index (χ4n) is 3.22. The number of primary amides is 1. The van der Waals surface area contributed by atoms with E-state index in [1.807, 2.05) is 0 Å². The van der Waals surface area contributed by atoms with Crippen LogP contribution in [-0.2, 0) is 32.4 Å². The largest absolute Gasteiger partial charge is 0.452 e. The van der Waals surface area contributed by atoms with Crippen LogP contribution >= 0.6 is 11.3 Å². The number of esters is 1. The van der Waals surface area contributed by atoms with Crippen LogP contribution in [0.5, 0.6) is 0 Å². The van der Waals surface area contributed by atoms with Crippen molar-refractivity contribution in [1.29, 1.82) is 0 Å². The minimum Gasteiger partial charge on any atom is -0.452 e. The van der Waals surface area contributed by atoms with Crippen molar-refractivity contribution in [3.05, 3.63) is 45.8 Å². The molecule has 0 atom stereocenters. The molecule has 11 heteroatoms. The average Bonchev–Trinajstić information content (AvgIpc) is 3.02. The molecule has 1 heterocycles. The smallest absolute Gasteiger partial charge is 0.338 e. The normalized spacial score (nSPS) is 13.2. The fourth-order valence-corrected chi connectivity index (χ4v) is 5.08. The van der Waals surface area contributed by atoms with Crippen molar-refractivity contribution < 1.29 is 27.5 Å². The highest BCUT2D eigenvalue weighted by molar-refractivity contribution is 7.92. The summed E-state index contributed by atoms with van der Waals surface area (Å²) in [6.45, 7) is -0.566. The van der Waals surface area contributed by atoms with Gasteiger partial charge in [0.25, 0.3) is 11.8 Å². The van der Waals surface area contributed by atoms with Crippen molar-refractivity contribution in [1.82, 2.24) is 0 Å². The monoisotopic (exact) mass is 451 g/mol. The topological polar surface area (TPSA) is 145 Å². The summed E-state index contributed by atoms with van der Waals surface area (Å²) >= 11 is 1.32. The number of ether oxygens (including phenoxy) is 1. The molecule has 0 unspecified atom stereocenters. The Kier molecular flexibility index (Phi) is 6.42. The first-order valence-electron chi connectivity index (χ1n) is 9.13. The molecule has 1 aliphatic carbocycles. The number of nitrogens with one attached hydrogen (secondary N) is 2. The van der Waals surface area contributed by atoms with E-state index < -0.39 is 34.4 Å². The number of fused-ring (bicyclic) bond motifs is 1. The van der Waals surface area contributed by atoms with Crippen molar-refractivity contribution in [3.63, 3.8) is 0 Å². The summed E-state index contributed by atoms with van der Waals surface area (Å²) in [7, 11) is -3.50. The molecule has 4 N–H and O–H groups in total. The highest BCUT2D eigenvalue weighted by Crippen LogP contribution is 2.37. The molecule has 0 saturated carbocycles. The van der Waals surface area contributed by atoms with Crippen molar-refractivity contribution >= 4 is 49.8 Å². The number of hydrogen-bond acceptors (Lipinski definition) is 7. The number of carbonyl (C=O) groups excluding carboxylic acids is 3. The molecule has 0 saturated heterocycles. The van der Waals surface area contributed by atoms with Crippen molar-refractivity contribution in [2.24, 2.45) is 5.73 Å². The minimum absolute atomic E-state index is 0.0841. The third kappa shape index (κ3) is 5.36. The fraction of sp³-hybridized carbons (Fsp3) is 0.316. The van der Waals surface area contributed by atoms with Gasteiger partial charge < -0.3 is 15.8 Å². The molecule has 3 rings (SSSR count). The van der Waals surface area contributed by atoms with Gasteiger partial charge in [-0.3, -0.25) is 14.3 Å². The van der Waals surface area contributed by atoms with E-state index in [4.69, 9.17) is 10.5 Å². The second-order valence-corrected chi connectivity index (χ2v) is 9.71. The summed E-state index contributed by atoms with van der Waals surface area (Å²) in [5.41, 5.74) is 7.00. The number of nitrogens with two attached hydrogens (primary N) is 1. The number of amides is 2. The predicted molar refractivity (Wildman–Crippen MR) is 113 cm³/mol. The van der Waals surface area contributed by atoms with Crippen molar-refractivity contribution in [2.75, 3.05) is 22.9 Å². The van der Waals surface area contributed by atoms with E-state index in [1.54, 1.807) is 0 Å². The average molecular weight is 452 g/mol. The molecule has 0 radical (unpaired) electrons. The third-order valence-electron chi connectivity index (χ3n) is 4.41. The summed E-state index contributed by atoms with van der Waals surface area (Å²) in [4.78, 5) is 37.4.